The Balaban J connectivity index is 2.30. The first-order valence-electron chi connectivity index (χ1n) is 6.63. The van der Waals surface area contributed by atoms with Gasteiger partial charge in [-0.2, -0.15) is 4.31 Å². The first-order chi connectivity index (χ1) is 9.67. The predicted molar refractivity (Wildman–Crippen MR) is 82.3 cm³/mol. The first-order valence-corrected chi connectivity index (χ1v) is 8.89. The third kappa shape index (κ3) is 3.19. The fraction of sp³-hybridized carbons (Fsp3) is 0.667. The summed E-state index contributed by atoms with van der Waals surface area (Å²) >= 11 is 0.906. The summed E-state index contributed by atoms with van der Waals surface area (Å²) in [5, 5.41) is 13.9. The van der Waals surface area contributed by atoms with E-state index in [1.165, 1.54) is 4.31 Å². The maximum Gasteiger partial charge on any atom is 0.304 e. The standard InChI is InChI=1S/C12H19N3O4S2/c1-12(2)4-6-14(7-5-12)21(18,19)10-8-9(15(16)17)11(13-3)20-10/h8,13H,4-7H2,1-3H3. The maximum atomic E-state index is 12.6. The summed E-state index contributed by atoms with van der Waals surface area (Å²) in [6, 6.07) is 1.14. The highest BCUT2D eigenvalue weighted by Crippen LogP contribution is 2.39. The largest absolute Gasteiger partial charge is 0.374 e. The Labute approximate surface area is 128 Å². The summed E-state index contributed by atoms with van der Waals surface area (Å²) in [5.74, 6) is 0. The van der Waals surface area contributed by atoms with Gasteiger partial charge in [0.1, 0.15) is 4.21 Å². The predicted octanol–water partition coefficient (Wildman–Crippen LogP) is 2.51. The Morgan fingerprint density at radius 1 is 1.38 bits per heavy atom. The van der Waals surface area contributed by atoms with Crippen LogP contribution in [0.3, 0.4) is 0 Å². The number of sulfonamides is 1. The zero-order valence-corrected chi connectivity index (χ0v) is 13.9. The lowest BCUT2D eigenvalue weighted by molar-refractivity contribution is -0.383. The molecule has 0 atom stereocenters. The zero-order chi connectivity index (χ0) is 15.8. The number of thiophene rings is 1. The molecule has 2 rings (SSSR count). The van der Waals surface area contributed by atoms with E-state index in [4.69, 9.17) is 0 Å². The molecule has 118 valence electrons. The summed E-state index contributed by atoms with van der Waals surface area (Å²) in [7, 11) is -2.11. The van der Waals surface area contributed by atoms with Gasteiger partial charge in [-0.1, -0.05) is 25.2 Å². The Morgan fingerprint density at radius 3 is 2.38 bits per heavy atom. The van der Waals surface area contributed by atoms with E-state index in [0.29, 0.717) is 13.1 Å². The van der Waals surface area contributed by atoms with Crippen molar-refractivity contribution in [2.45, 2.75) is 30.9 Å². The number of hydrogen-bond acceptors (Lipinski definition) is 6. The molecule has 9 heteroatoms. The lowest BCUT2D eigenvalue weighted by Crippen LogP contribution is -2.40. The molecule has 1 aromatic heterocycles. The van der Waals surface area contributed by atoms with E-state index in [0.717, 1.165) is 30.2 Å². The number of nitrogens with zero attached hydrogens (tertiary/aromatic N) is 2. The molecule has 1 fully saturated rings. The Bertz CT molecular complexity index is 641. The highest BCUT2D eigenvalue weighted by Gasteiger charge is 2.35. The van der Waals surface area contributed by atoms with Crippen LogP contribution in [0.25, 0.3) is 0 Å². The van der Waals surface area contributed by atoms with Crippen molar-refractivity contribution in [2.24, 2.45) is 5.41 Å². The Morgan fingerprint density at radius 2 is 1.95 bits per heavy atom. The number of nitro groups is 1. The lowest BCUT2D eigenvalue weighted by atomic mass is 9.83. The van der Waals surface area contributed by atoms with Gasteiger partial charge >= 0.3 is 5.69 Å². The molecule has 1 aromatic rings. The SMILES string of the molecule is CNc1sc(S(=O)(=O)N2CCC(C)(C)CC2)cc1[N+](=O)[O-]. The Hall–Kier alpha value is -1.19. The van der Waals surface area contributed by atoms with E-state index in [1.54, 1.807) is 7.05 Å². The van der Waals surface area contributed by atoms with E-state index in [1.807, 2.05) is 0 Å². The molecule has 0 unspecified atom stereocenters. The molecule has 21 heavy (non-hydrogen) atoms. The third-order valence-corrected chi connectivity index (χ3v) is 7.27. The van der Waals surface area contributed by atoms with E-state index in [-0.39, 0.29) is 20.3 Å². The van der Waals surface area contributed by atoms with Crippen molar-refractivity contribution < 1.29 is 13.3 Å². The van der Waals surface area contributed by atoms with Gasteiger partial charge in [-0.3, -0.25) is 10.1 Å². The average Bonchev–Trinajstić information content (AvgIpc) is 2.83. The van der Waals surface area contributed by atoms with Crippen LogP contribution < -0.4 is 5.32 Å². The molecule has 0 amide bonds. The number of hydrogen-bond donors (Lipinski definition) is 1. The van der Waals surface area contributed by atoms with Crippen LogP contribution in [-0.4, -0.2) is 37.8 Å². The van der Waals surface area contributed by atoms with Crippen molar-refractivity contribution in [1.29, 1.82) is 0 Å². The summed E-state index contributed by atoms with van der Waals surface area (Å²) in [6.07, 6.45) is 1.58. The van der Waals surface area contributed by atoms with Crippen molar-refractivity contribution in [3.8, 4) is 0 Å². The van der Waals surface area contributed by atoms with E-state index >= 15 is 0 Å². The molecule has 1 N–H and O–H groups in total. The summed E-state index contributed by atoms with van der Waals surface area (Å²) in [6.45, 7) is 5.14. The van der Waals surface area contributed by atoms with Gasteiger partial charge in [0.25, 0.3) is 10.0 Å². The highest BCUT2D eigenvalue weighted by molar-refractivity contribution is 7.91. The fourth-order valence-electron chi connectivity index (χ4n) is 2.26. The second-order valence-corrected chi connectivity index (χ2v) is 9.07. The molecule has 1 aliphatic rings. The van der Waals surface area contributed by atoms with Gasteiger partial charge in [-0.25, -0.2) is 8.42 Å². The minimum absolute atomic E-state index is 0.0262. The van der Waals surface area contributed by atoms with Gasteiger partial charge in [0.15, 0.2) is 5.00 Å². The number of rotatable bonds is 4. The van der Waals surface area contributed by atoms with E-state index < -0.39 is 14.9 Å². The minimum Gasteiger partial charge on any atom is -0.374 e. The number of piperidine rings is 1. The van der Waals surface area contributed by atoms with E-state index in [2.05, 4.69) is 19.2 Å². The first kappa shape index (κ1) is 16.2. The van der Waals surface area contributed by atoms with Crippen molar-refractivity contribution in [1.82, 2.24) is 4.31 Å². The molecule has 0 spiro atoms. The Kier molecular flexibility index (Phi) is 4.27. The van der Waals surface area contributed by atoms with Gasteiger partial charge in [0, 0.05) is 26.2 Å². The maximum absolute atomic E-state index is 12.6. The lowest BCUT2D eigenvalue weighted by Gasteiger charge is -2.35. The third-order valence-electron chi connectivity index (χ3n) is 3.78. The molecule has 0 saturated carbocycles. The van der Waals surface area contributed by atoms with Crippen LogP contribution in [0.2, 0.25) is 0 Å². The van der Waals surface area contributed by atoms with Crippen LogP contribution in [0.15, 0.2) is 10.3 Å². The molecule has 2 heterocycles. The topological polar surface area (TPSA) is 92.6 Å². The molecule has 1 saturated heterocycles. The molecule has 0 aliphatic carbocycles. The van der Waals surface area contributed by atoms with E-state index in [9.17, 15) is 18.5 Å². The van der Waals surface area contributed by atoms with Crippen LogP contribution in [0, 0.1) is 15.5 Å². The number of nitrogens with one attached hydrogen (secondary N) is 1. The normalized spacial score (nSPS) is 19.4. The minimum atomic E-state index is -3.65. The molecule has 1 aliphatic heterocycles. The van der Waals surface area contributed by atoms with Crippen LogP contribution >= 0.6 is 11.3 Å². The van der Waals surface area contributed by atoms with Crippen LogP contribution in [-0.2, 0) is 10.0 Å². The summed E-state index contributed by atoms with van der Waals surface area (Å²) < 4.78 is 26.6. The van der Waals surface area contributed by atoms with Gasteiger partial charge < -0.3 is 5.32 Å². The number of anilines is 1. The van der Waals surface area contributed by atoms with Crippen LogP contribution in [0.1, 0.15) is 26.7 Å². The monoisotopic (exact) mass is 333 g/mol. The van der Waals surface area contributed by atoms with Gasteiger partial charge in [0.05, 0.1) is 4.92 Å². The van der Waals surface area contributed by atoms with Crippen molar-refractivity contribution >= 4 is 32.0 Å². The second-order valence-electron chi connectivity index (χ2n) is 5.86. The smallest absolute Gasteiger partial charge is 0.304 e. The molecular weight excluding hydrogens is 314 g/mol. The molecule has 7 nitrogen and oxygen atoms in total. The van der Waals surface area contributed by atoms with Gasteiger partial charge in [0.2, 0.25) is 0 Å². The van der Waals surface area contributed by atoms with Gasteiger partial charge in [-0.05, 0) is 18.3 Å². The quantitative estimate of drug-likeness (QED) is 0.675. The average molecular weight is 333 g/mol. The van der Waals surface area contributed by atoms with Gasteiger partial charge in [-0.15, -0.1) is 0 Å². The fourth-order valence-corrected chi connectivity index (χ4v) is 5.14. The van der Waals surface area contributed by atoms with Crippen molar-refractivity contribution in [3.63, 3.8) is 0 Å². The van der Waals surface area contributed by atoms with Crippen LogP contribution in [0.4, 0.5) is 10.7 Å². The molecule has 0 bridgehead atoms. The second kappa shape index (κ2) is 5.54. The van der Waals surface area contributed by atoms with Crippen molar-refractivity contribution in [2.75, 3.05) is 25.5 Å². The molecule has 0 aromatic carbocycles. The summed E-state index contributed by atoms with van der Waals surface area (Å²) in [4.78, 5) is 10.4. The molecular formula is C12H19N3O4S2. The zero-order valence-electron chi connectivity index (χ0n) is 12.2. The molecule has 0 radical (unpaired) electrons. The highest BCUT2D eigenvalue weighted by atomic mass is 32.2. The van der Waals surface area contributed by atoms with Crippen LogP contribution in [0.5, 0.6) is 0 Å². The summed E-state index contributed by atoms with van der Waals surface area (Å²) in [5.41, 5.74) is -0.0535. The van der Waals surface area contributed by atoms with Crippen molar-refractivity contribution in [3.05, 3.63) is 16.2 Å².